The van der Waals surface area contributed by atoms with E-state index in [1.165, 1.54) is 0 Å². The van der Waals surface area contributed by atoms with E-state index in [9.17, 15) is 0 Å². The van der Waals surface area contributed by atoms with E-state index in [0.717, 1.165) is 38.1 Å². The molecule has 1 fully saturated rings. The van der Waals surface area contributed by atoms with Gasteiger partial charge in [-0.25, -0.2) is 0 Å². The highest BCUT2D eigenvalue weighted by Gasteiger charge is 2.16. The second-order valence-electron chi connectivity index (χ2n) is 4.18. The number of nitrogens with zero attached hydrogens (tertiary/aromatic N) is 2. The van der Waals surface area contributed by atoms with Crippen LogP contribution in [-0.2, 0) is 0 Å². The first-order chi connectivity index (χ1) is 8.34. The van der Waals surface area contributed by atoms with E-state index >= 15 is 0 Å². The predicted molar refractivity (Wildman–Crippen MR) is 68.7 cm³/mol. The van der Waals surface area contributed by atoms with Gasteiger partial charge in [-0.1, -0.05) is 17.7 Å². The van der Waals surface area contributed by atoms with Crippen LogP contribution >= 0.6 is 11.6 Å². The van der Waals surface area contributed by atoms with Crippen LogP contribution in [0.5, 0.6) is 0 Å². The Bertz CT molecular complexity index is 517. The summed E-state index contributed by atoms with van der Waals surface area (Å²) in [5, 5.41) is 3.97. The molecule has 0 bridgehead atoms. The summed E-state index contributed by atoms with van der Waals surface area (Å²) in [6.07, 6.45) is 1.10. The molecule has 0 radical (unpaired) electrons. The lowest BCUT2D eigenvalue weighted by molar-refractivity contribution is 0.571. The van der Waals surface area contributed by atoms with Crippen molar-refractivity contribution in [1.29, 1.82) is 0 Å². The first kappa shape index (κ1) is 10.9. The molecule has 0 unspecified atom stereocenters. The number of hydrogen-bond acceptors (Lipinski definition) is 4. The Balaban J connectivity index is 1.96. The molecule has 1 aliphatic rings. The molecule has 90 valence electrons. The molecule has 1 N–H and O–H groups in total. The zero-order valence-electron chi connectivity index (χ0n) is 9.45. The molecule has 2 aromatic rings. The molecule has 0 saturated carbocycles. The maximum absolute atomic E-state index is 6.08. The Labute approximate surface area is 105 Å². The number of rotatable bonds is 1. The minimum absolute atomic E-state index is 0.620. The molecule has 1 aromatic carbocycles. The van der Waals surface area contributed by atoms with Gasteiger partial charge in [0.2, 0.25) is 0 Å². The van der Waals surface area contributed by atoms with Crippen LogP contribution in [-0.4, -0.2) is 31.2 Å². The number of halogens is 1. The number of benzene rings is 1. The number of hydrogen-bond donors (Lipinski definition) is 1. The summed E-state index contributed by atoms with van der Waals surface area (Å²) < 4.78 is 5.75. The van der Waals surface area contributed by atoms with Gasteiger partial charge in [0.25, 0.3) is 6.01 Å². The summed E-state index contributed by atoms with van der Waals surface area (Å²) in [4.78, 5) is 6.65. The lowest BCUT2D eigenvalue weighted by Crippen LogP contribution is -2.27. The largest absolute Gasteiger partial charge is 0.422 e. The third-order valence-electron chi connectivity index (χ3n) is 2.97. The number of anilines is 1. The molecule has 4 nitrogen and oxygen atoms in total. The molecule has 1 aliphatic heterocycles. The highest BCUT2D eigenvalue weighted by Crippen LogP contribution is 2.27. The molecule has 0 atom stereocenters. The van der Waals surface area contributed by atoms with Crippen LogP contribution in [0.4, 0.5) is 6.01 Å². The van der Waals surface area contributed by atoms with Crippen molar-refractivity contribution in [3.05, 3.63) is 23.2 Å². The average Bonchev–Trinajstić information content (AvgIpc) is 2.59. The fraction of sp³-hybridized carbons (Fsp3) is 0.417. The SMILES string of the molecule is Clc1cccc2nc(N3CCCNCC3)oc12. The molecule has 5 heteroatoms. The van der Waals surface area contributed by atoms with Crippen LogP contribution in [0.25, 0.3) is 11.1 Å². The molecule has 1 aromatic heterocycles. The Morgan fingerprint density at radius 2 is 2.24 bits per heavy atom. The normalized spacial score (nSPS) is 17.4. The van der Waals surface area contributed by atoms with Gasteiger partial charge in [0.1, 0.15) is 5.52 Å². The molecule has 0 amide bonds. The molecule has 2 heterocycles. The van der Waals surface area contributed by atoms with E-state index in [-0.39, 0.29) is 0 Å². The van der Waals surface area contributed by atoms with Gasteiger partial charge in [-0.3, -0.25) is 0 Å². The van der Waals surface area contributed by atoms with Gasteiger partial charge in [-0.2, -0.15) is 4.98 Å². The van der Waals surface area contributed by atoms with Crippen molar-refractivity contribution in [3.8, 4) is 0 Å². The van der Waals surface area contributed by atoms with E-state index in [0.29, 0.717) is 16.6 Å². The zero-order chi connectivity index (χ0) is 11.7. The summed E-state index contributed by atoms with van der Waals surface area (Å²) in [6.45, 7) is 3.91. The van der Waals surface area contributed by atoms with Crippen LogP contribution in [0.2, 0.25) is 5.02 Å². The molecule has 0 spiro atoms. The summed E-state index contributed by atoms with van der Waals surface area (Å²) in [5.74, 6) is 0. The van der Waals surface area contributed by atoms with Gasteiger partial charge < -0.3 is 14.6 Å². The van der Waals surface area contributed by atoms with E-state index < -0.39 is 0 Å². The number of oxazole rings is 1. The molecule has 1 saturated heterocycles. The van der Waals surface area contributed by atoms with E-state index in [1.807, 2.05) is 18.2 Å². The highest BCUT2D eigenvalue weighted by atomic mass is 35.5. The van der Waals surface area contributed by atoms with E-state index in [1.54, 1.807) is 0 Å². The van der Waals surface area contributed by atoms with Crippen molar-refractivity contribution < 1.29 is 4.42 Å². The van der Waals surface area contributed by atoms with Crippen molar-refractivity contribution in [2.45, 2.75) is 6.42 Å². The van der Waals surface area contributed by atoms with Crippen molar-refractivity contribution in [2.24, 2.45) is 0 Å². The quantitative estimate of drug-likeness (QED) is 0.844. The standard InChI is InChI=1S/C12H14ClN3O/c13-9-3-1-4-10-11(9)17-12(15-10)16-7-2-5-14-6-8-16/h1,3-4,14H,2,5-8H2. The van der Waals surface area contributed by atoms with Crippen LogP contribution in [0, 0.1) is 0 Å². The summed E-state index contributed by atoms with van der Waals surface area (Å²) in [5.41, 5.74) is 1.51. The Hall–Kier alpha value is -1.26. The fourth-order valence-electron chi connectivity index (χ4n) is 2.08. The number of fused-ring (bicyclic) bond motifs is 1. The van der Waals surface area contributed by atoms with Gasteiger partial charge in [-0.05, 0) is 25.1 Å². The average molecular weight is 252 g/mol. The van der Waals surface area contributed by atoms with E-state index in [4.69, 9.17) is 16.0 Å². The van der Waals surface area contributed by atoms with Crippen molar-refractivity contribution in [1.82, 2.24) is 10.3 Å². The van der Waals surface area contributed by atoms with Gasteiger partial charge in [-0.15, -0.1) is 0 Å². The second kappa shape index (κ2) is 4.55. The number of nitrogens with one attached hydrogen (secondary N) is 1. The minimum atomic E-state index is 0.620. The number of para-hydroxylation sites is 1. The van der Waals surface area contributed by atoms with Gasteiger partial charge in [0.15, 0.2) is 5.58 Å². The first-order valence-electron chi connectivity index (χ1n) is 5.85. The van der Waals surface area contributed by atoms with E-state index in [2.05, 4.69) is 15.2 Å². The Kier molecular flexibility index (Phi) is 2.91. The van der Waals surface area contributed by atoms with Gasteiger partial charge >= 0.3 is 0 Å². The maximum atomic E-state index is 6.08. The van der Waals surface area contributed by atoms with Crippen LogP contribution in [0.15, 0.2) is 22.6 Å². The van der Waals surface area contributed by atoms with Crippen molar-refractivity contribution >= 4 is 28.7 Å². The highest BCUT2D eigenvalue weighted by molar-refractivity contribution is 6.34. The zero-order valence-corrected chi connectivity index (χ0v) is 10.2. The maximum Gasteiger partial charge on any atom is 0.298 e. The molecular formula is C12H14ClN3O. The minimum Gasteiger partial charge on any atom is -0.422 e. The topological polar surface area (TPSA) is 41.3 Å². The molecule has 17 heavy (non-hydrogen) atoms. The summed E-state index contributed by atoms with van der Waals surface area (Å²) in [6, 6.07) is 6.31. The van der Waals surface area contributed by atoms with Crippen molar-refractivity contribution in [2.75, 3.05) is 31.1 Å². The van der Waals surface area contributed by atoms with Crippen LogP contribution in [0.1, 0.15) is 6.42 Å². The predicted octanol–water partition coefficient (Wildman–Crippen LogP) is 2.28. The smallest absolute Gasteiger partial charge is 0.298 e. The summed E-state index contributed by atoms with van der Waals surface area (Å²) in [7, 11) is 0. The second-order valence-corrected chi connectivity index (χ2v) is 4.58. The third kappa shape index (κ3) is 2.10. The Morgan fingerprint density at radius 1 is 1.29 bits per heavy atom. The first-order valence-corrected chi connectivity index (χ1v) is 6.23. The van der Waals surface area contributed by atoms with Crippen LogP contribution in [0.3, 0.4) is 0 Å². The van der Waals surface area contributed by atoms with Crippen LogP contribution < -0.4 is 10.2 Å². The Morgan fingerprint density at radius 3 is 3.12 bits per heavy atom. The summed E-state index contributed by atoms with van der Waals surface area (Å²) >= 11 is 6.08. The van der Waals surface area contributed by atoms with Gasteiger partial charge in [0.05, 0.1) is 5.02 Å². The van der Waals surface area contributed by atoms with Gasteiger partial charge in [0, 0.05) is 19.6 Å². The third-order valence-corrected chi connectivity index (χ3v) is 3.26. The fourth-order valence-corrected chi connectivity index (χ4v) is 2.28. The molecular weight excluding hydrogens is 238 g/mol. The number of aromatic nitrogens is 1. The molecule has 0 aliphatic carbocycles. The monoisotopic (exact) mass is 251 g/mol. The molecule has 3 rings (SSSR count). The lowest BCUT2D eigenvalue weighted by atomic mass is 10.3. The lowest BCUT2D eigenvalue weighted by Gasteiger charge is -2.16. The van der Waals surface area contributed by atoms with Crippen molar-refractivity contribution in [3.63, 3.8) is 0 Å².